The van der Waals surface area contributed by atoms with Crippen molar-refractivity contribution in [1.29, 1.82) is 0 Å². The summed E-state index contributed by atoms with van der Waals surface area (Å²) in [5, 5.41) is 7.05. The van der Waals surface area contributed by atoms with Crippen molar-refractivity contribution < 1.29 is 33.5 Å². The average Bonchev–Trinajstić information content (AvgIpc) is 3.64. The maximum Gasteiger partial charge on any atom is 0.306 e. The molecule has 0 spiro atoms. The number of imidazole rings is 1. The van der Waals surface area contributed by atoms with E-state index in [2.05, 4.69) is 20.6 Å². The number of ketones is 2. The molecule has 0 saturated heterocycles. The number of esters is 1. The number of Topliss-reactive ketones (excluding diaryl/α,β-unsaturated/α-hetero) is 2. The summed E-state index contributed by atoms with van der Waals surface area (Å²) in [5.41, 5.74) is 7.84. The normalized spacial score (nSPS) is 13.4. The first-order chi connectivity index (χ1) is 24.0. The van der Waals surface area contributed by atoms with Gasteiger partial charge in [0.2, 0.25) is 17.6 Å². The van der Waals surface area contributed by atoms with Crippen LogP contribution < -0.4 is 16.4 Å². The topological polar surface area (TPSA) is 190 Å². The summed E-state index contributed by atoms with van der Waals surface area (Å²) in [6.45, 7) is 3.06. The monoisotopic (exact) mass is 681 g/mol. The molecule has 0 aliphatic carbocycles. The number of aromatic amines is 1. The zero-order valence-corrected chi connectivity index (χ0v) is 28.2. The highest BCUT2D eigenvalue weighted by Crippen LogP contribution is 2.20. The van der Waals surface area contributed by atoms with E-state index in [9.17, 15) is 28.8 Å². The third-order valence-corrected chi connectivity index (χ3v) is 8.68. The number of aromatic nitrogens is 2. The van der Waals surface area contributed by atoms with Crippen molar-refractivity contribution in [2.24, 2.45) is 23.5 Å². The first-order valence-corrected chi connectivity index (χ1v) is 16.6. The fourth-order valence-corrected chi connectivity index (χ4v) is 5.57. The van der Waals surface area contributed by atoms with Gasteiger partial charge in [0.05, 0.1) is 31.3 Å². The Kier molecular flexibility index (Phi) is 13.5. The van der Waals surface area contributed by atoms with Crippen molar-refractivity contribution in [2.45, 2.75) is 58.6 Å². The first-order valence-electron chi connectivity index (χ1n) is 16.6. The van der Waals surface area contributed by atoms with Crippen molar-refractivity contribution >= 4 is 46.0 Å². The second-order valence-corrected chi connectivity index (χ2v) is 12.5. The Balaban J connectivity index is 1.35. The minimum absolute atomic E-state index is 0.0363. The standard InChI is InChI=1S/C38H43N5O7/c1-3-24(2)34(43-37(48)30(17-31-20-40-23-42-31)19-33(45)50-22-25-9-5-4-6-10-25)35(46)38(49)41-21-32(44)18-29(36(39)47)16-26-13-14-27-11-7-8-12-28(27)15-26/h4-15,20,23-24,29-30,34H,3,16-19,21-22H2,1-2H3,(H2,39,47)(H,40,42)(H,41,49)(H,43,48). The molecule has 0 saturated carbocycles. The summed E-state index contributed by atoms with van der Waals surface area (Å²) in [4.78, 5) is 84.7. The van der Waals surface area contributed by atoms with Gasteiger partial charge in [-0.15, -0.1) is 0 Å². The van der Waals surface area contributed by atoms with Crippen LogP contribution in [0.25, 0.3) is 10.8 Å². The van der Waals surface area contributed by atoms with Crippen LogP contribution in [0.5, 0.6) is 0 Å². The van der Waals surface area contributed by atoms with Gasteiger partial charge in [0.15, 0.2) is 5.78 Å². The number of nitrogens with zero attached hydrogens (tertiary/aromatic N) is 1. The Morgan fingerprint density at radius 2 is 1.58 bits per heavy atom. The van der Waals surface area contributed by atoms with Crippen molar-refractivity contribution in [1.82, 2.24) is 20.6 Å². The van der Waals surface area contributed by atoms with Gasteiger partial charge in [0.25, 0.3) is 5.91 Å². The molecule has 4 unspecified atom stereocenters. The molecule has 3 amide bonds. The van der Waals surface area contributed by atoms with Crippen LogP contribution in [0, 0.1) is 17.8 Å². The largest absolute Gasteiger partial charge is 0.461 e. The number of ether oxygens (including phenoxy) is 1. The van der Waals surface area contributed by atoms with Gasteiger partial charge < -0.3 is 26.1 Å². The number of H-pyrrole nitrogens is 1. The minimum Gasteiger partial charge on any atom is -0.461 e. The second kappa shape index (κ2) is 18.2. The van der Waals surface area contributed by atoms with Crippen molar-refractivity contribution in [3.05, 3.63) is 102 Å². The fraction of sp³-hybridized carbons (Fsp3) is 0.342. The Morgan fingerprint density at radius 1 is 0.860 bits per heavy atom. The van der Waals surface area contributed by atoms with E-state index >= 15 is 0 Å². The molecule has 5 N–H and O–H groups in total. The van der Waals surface area contributed by atoms with Crippen molar-refractivity contribution in [3.8, 4) is 0 Å². The van der Waals surface area contributed by atoms with Crippen LogP contribution in [0.2, 0.25) is 0 Å². The van der Waals surface area contributed by atoms with E-state index in [-0.39, 0.29) is 32.3 Å². The molecule has 1 heterocycles. The summed E-state index contributed by atoms with van der Waals surface area (Å²) in [6.07, 6.45) is 3.27. The fourth-order valence-electron chi connectivity index (χ4n) is 5.57. The van der Waals surface area contributed by atoms with Gasteiger partial charge in [-0.1, -0.05) is 93.1 Å². The maximum atomic E-state index is 13.6. The van der Waals surface area contributed by atoms with E-state index in [4.69, 9.17) is 10.5 Å². The number of amides is 3. The smallest absolute Gasteiger partial charge is 0.306 e. The molecular weight excluding hydrogens is 638 g/mol. The maximum absolute atomic E-state index is 13.6. The molecule has 4 aromatic rings. The molecule has 0 fully saturated rings. The Hall–Kier alpha value is -5.65. The van der Waals surface area contributed by atoms with Gasteiger partial charge in [-0.3, -0.25) is 28.8 Å². The number of nitrogens with one attached hydrogen (secondary N) is 3. The molecule has 12 nitrogen and oxygen atoms in total. The molecule has 12 heteroatoms. The number of fused-ring (bicyclic) bond motifs is 1. The molecule has 0 bridgehead atoms. The van der Waals surface area contributed by atoms with E-state index in [1.165, 1.54) is 12.5 Å². The van der Waals surface area contributed by atoms with Crippen LogP contribution in [0.15, 0.2) is 85.3 Å². The highest BCUT2D eigenvalue weighted by molar-refractivity contribution is 6.38. The molecular formula is C38H43N5O7. The third-order valence-electron chi connectivity index (χ3n) is 8.68. The SMILES string of the molecule is CCC(C)C(NC(=O)C(CC(=O)OCc1ccccc1)Cc1cnc[nH]1)C(=O)C(=O)NCC(=O)CC(Cc1ccc2ccccc2c1)C(N)=O. The summed E-state index contributed by atoms with van der Waals surface area (Å²) < 4.78 is 5.40. The zero-order valence-electron chi connectivity index (χ0n) is 28.2. The highest BCUT2D eigenvalue weighted by atomic mass is 16.5. The number of primary amides is 1. The molecule has 0 radical (unpaired) electrons. The van der Waals surface area contributed by atoms with E-state index in [1.807, 2.05) is 72.8 Å². The molecule has 4 atom stereocenters. The lowest BCUT2D eigenvalue weighted by molar-refractivity contribution is -0.148. The van der Waals surface area contributed by atoms with E-state index < -0.39 is 65.6 Å². The van der Waals surface area contributed by atoms with Gasteiger partial charge in [-0.25, -0.2) is 4.98 Å². The lowest BCUT2D eigenvalue weighted by Gasteiger charge is -2.25. The number of carbonyl (C=O) groups excluding carboxylic acids is 6. The Bertz CT molecular complexity index is 1790. The third kappa shape index (κ3) is 10.9. The van der Waals surface area contributed by atoms with Crippen molar-refractivity contribution in [3.63, 3.8) is 0 Å². The first kappa shape index (κ1) is 37.2. The zero-order chi connectivity index (χ0) is 36.0. The molecule has 50 heavy (non-hydrogen) atoms. The lowest BCUT2D eigenvalue weighted by Crippen LogP contribution is -2.53. The van der Waals surface area contributed by atoms with Crippen LogP contribution in [-0.2, 0) is 53.0 Å². The predicted octanol–water partition coefficient (Wildman–Crippen LogP) is 3.37. The summed E-state index contributed by atoms with van der Waals surface area (Å²) in [6, 6.07) is 21.4. The van der Waals surface area contributed by atoms with Gasteiger partial charge in [0.1, 0.15) is 6.61 Å². The van der Waals surface area contributed by atoms with Crippen LogP contribution in [-0.4, -0.2) is 57.8 Å². The Labute approximate surface area is 290 Å². The Morgan fingerprint density at radius 3 is 2.26 bits per heavy atom. The van der Waals surface area contributed by atoms with E-state index in [0.29, 0.717) is 12.1 Å². The van der Waals surface area contributed by atoms with Gasteiger partial charge in [-0.05, 0) is 34.2 Å². The number of hydrogen-bond acceptors (Lipinski definition) is 8. The van der Waals surface area contributed by atoms with Crippen LogP contribution in [0.1, 0.15) is 49.9 Å². The van der Waals surface area contributed by atoms with Crippen LogP contribution in [0.4, 0.5) is 0 Å². The van der Waals surface area contributed by atoms with Crippen molar-refractivity contribution in [2.75, 3.05) is 6.54 Å². The number of nitrogens with two attached hydrogens (primary N) is 1. The molecule has 4 rings (SSSR count). The molecule has 0 aliphatic rings. The van der Waals surface area contributed by atoms with Gasteiger partial charge in [0, 0.05) is 30.7 Å². The van der Waals surface area contributed by atoms with Crippen LogP contribution >= 0.6 is 0 Å². The average molecular weight is 682 g/mol. The number of carbonyl (C=O) groups is 6. The van der Waals surface area contributed by atoms with Crippen LogP contribution in [0.3, 0.4) is 0 Å². The second-order valence-electron chi connectivity index (χ2n) is 12.5. The number of benzene rings is 3. The molecule has 0 aliphatic heterocycles. The van der Waals surface area contributed by atoms with Gasteiger partial charge >= 0.3 is 5.97 Å². The molecule has 1 aromatic heterocycles. The van der Waals surface area contributed by atoms with E-state index in [1.54, 1.807) is 13.8 Å². The quantitative estimate of drug-likeness (QED) is 0.0855. The van der Waals surface area contributed by atoms with E-state index in [0.717, 1.165) is 21.9 Å². The highest BCUT2D eigenvalue weighted by Gasteiger charge is 2.34. The summed E-state index contributed by atoms with van der Waals surface area (Å²) in [7, 11) is 0. The molecule has 3 aromatic carbocycles. The van der Waals surface area contributed by atoms with Gasteiger partial charge in [-0.2, -0.15) is 0 Å². The summed E-state index contributed by atoms with van der Waals surface area (Å²) >= 11 is 0. The lowest BCUT2D eigenvalue weighted by atomic mass is 9.92. The number of rotatable bonds is 19. The molecule has 262 valence electrons. The predicted molar refractivity (Wildman–Crippen MR) is 186 cm³/mol. The summed E-state index contributed by atoms with van der Waals surface area (Å²) in [5.74, 6) is -6.53. The minimum atomic E-state index is -1.22. The number of hydrogen-bond donors (Lipinski definition) is 4.